The van der Waals surface area contributed by atoms with Gasteiger partial charge in [0.05, 0.1) is 5.69 Å². The van der Waals surface area contributed by atoms with Crippen LogP contribution >= 0.6 is 0 Å². The van der Waals surface area contributed by atoms with Crippen molar-refractivity contribution in [2.75, 3.05) is 26.2 Å². The topological polar surface area (TPSA) is 92.7 Å². The number of nitrogens with zero attached hydrogens (tertiary/aromatic N) is 3. The first-order valence-electron chi connectivity index (χ1n) is 7.87. The van der Waals surface area contributed by atoms with Gasteiger partial charge in [-0.2, -0.15) is 0 Å². The smallest absolute Gasteiger partial charge is 0.292 e. The van der Waals surface area contributed by atoms with Crippen LogP contribution in [0.3, 0.4) is 0 Å². The zero-order valence-corrected chi connectivity index (χ0v) is 13.5. The molecule has 24 heavy (non-hydrogen) atoms. The van der Waals surface area contributed by atoms with Crippen molar-refractivity contribution in [2.24, 2.45) is 5.73 Å². The van der Waals surface area contributed by atoms with E-state index in [0.717, 1.165) is 5.56 Å². The lowest BCUT2D eigenvalue weighted by Crippen LogP contribution is -2.51. The number of hydrogen-bond donors (Lipinski definition) is 1. The van der Waals surface area contributed by atoms with Gasteiger partial charge >= 0.3 is 0 Å². The molecular formula is C17H20N4O3. The predicted octanol–water partition coefficient (Wildman–Crippen LogP) is 0.967. The molecule has 1 aliphatic rings. The second kappa shape index (κ2) is 6.84. The van der Waals surface area contributed by atoms with Crippen molar-refractivity contribution < 1.29 is 14.1 Å². The third-order valence-corrected chi connectivity index (χ3v) is 4.19. The maximum atomic E-state index is 12.4. The van der Waals surface area contributed by atoms with Crippen LogP contribution in [0.25, 0.3) is 0 Å². The molecule has 7 nitrogen and oxygen atoms in total. The molecule has 2 N–H and O–H groups in total. The summed E-state index contributed by atoms with van der Waals surface area (Å²) in [4.78, 5) is 28.0. The monoisotopic (exact) mass is 328 g/mol. The molecule has 3 rings (SSSR count). The number of benzene rings is 1. The van der Waals surface area contributed by atoms with Gasteiger partial charge in [0.25, 0.3) is 5.91 Å². The van der Waals surface area contributed by atoms with Gasteiger partial charge in [0, 0.05) is 32.2 Å². The second-order valence-corrected chi connectivity index (χ2v) is 5.88. The summed E-state index contributed by atoms with van der Waals surface area (Å²) in [5.74, 6) is -0.312. The van der Waals surface area contributed by atoms with E-state index in [1.165, 1.54) is 0 Å². The van der Waals surface area contributed by atoms with Crippen molar-refractivity contribution in [3.8, 4) is 0 Å². The number of aromatic nitrogens is 1. The van der Waals surface area contributed by atoms with E-state index in [-0.39, 0.29) is 17.6 Å². The Bertz CT molecular complexity index is 720. The Morgan fingerprint density at radius 2 is 1.83 bits per heavy atom. The van der Waals surface area contributed by atoms with E-state index in [1.54, 1.807) is 17.9 Å². The van der Waals surface area contributed by atoms with E-state index in [0.29, 0.717) is 31.9 Å². The van der Waals surface area contributed by atoms with E-state index in [1.807, 2.05) is 35.2 Å². The molecule has 0 radical (unpaired) electrons. The largest absolute Gasteiger partial charge is 0.368 e. The normalized spacial score (nSPS) is 16.8. The Morgan fingerprint density at radius 1 is 1.17 bits per heavy atom. The predicted molar refractivity (Wildman–Crippen MR) is 87.1 cm³/mol. The minimum absolute atomic E-state index is 0.175. The summed E-state index contributed by atoms with van der Waals surface area (Å²) in [6.45, 7) is 3.93. The molecule has 1 atom stereocenters. The average Bonchev–Trinajstić information content (AvgIpc) is 3.02. The molecule has 0 unspecified atom stereocenters. The van der Waals surface area contributed by atoms with Crippen LogP contribution in [-0.4, -0.2) is 52.9 Å². The van der Waals surface area contributed by atoms with Crippen molar-refractivity contribution in [1.82, 2.24) is 15.0 Å². The van der Waals surface area contributed by atoms with Gasteiger partial charge in [0.1, 0.15) is 6.04 Å². The van der Waals surface area contributed by atoms with Crippen LogP contribution in [0.2, 0.25) is 0 Å². The molecule has 0 aliphatic carbocycles. The van der Waals surface area contributed by atoms with E-state index < -0.39 is 6.04 Å². The number of aryl methyl sites for hydroxylation is 1. The second-order valence-electron chi connectivity index (χ2n) is 5.88. The van der Waals surface area contributed by atoms with Crippen LogP contribution in [0, 0.1) is 6.92 Å². The van der Waals surface area contributed by atoms with Crippen molar-refractivity contribution >= 4 is 11.8 Å². The van der Waals surface area contributed by atoms with Gasteiger partial charge < -0.3 is 15.2 Å². The first kappa shape index (κ1) is 16.2. The quantitative estimate of drug-likeness (QED) is 0.902. The number of carbonyl (C=O) groups excluding carboxylic acids is 2. The standard InChI is InChI=1S/C17H20N4O3/c1-12-11-14(24-19-12)17(23)21-9-7-20(8-10-21)15(16(18)22)13-5-3-2-4-6-13/h2-6,11,15H,7-10H2,1H3,(H2,18,22)/t15-/m1/s1. The van der Waals surface area contributed by atoms with E-state index >= 15 is 0 Å². The number of primary amides is 1. The molecule has 0 spiro atoms. The van der Waals surface area contributed by atoms with Gasteiger partial charge in [-0.1, -0.05) is 35.5 Å². The third kappa shape index (κ3) is 3.30. The minimum Gasteiger partial charge on any atom is -0.368 e. The Kier molecular flexibility index (Phi) is 4.61. The number of carbonyl (C=O) groups is 2. The molecule has 2 amide bonds. The summed E-state index contributed by atoms with van der Waals surface area (Å²) < 4.78 is 5.03. The SMILES string of the molecule is Cc1cc(C(=O)N2CCN([C@@H](C(N)=O)c3ccccc3)CC2)on1. The summed E-state index contributed by atoms with van der Waals surface area (Å²) in [5, 5.41) is 3.74. The van der Waals surface area contributed by atoms with Crippen LogP contribution < -0.4 is 5.73 Å². The molecule has 1 aromatic carbocycles. The van der Waals surface area contributed by atoms with Gasteiger partial charge in [-0.3, -0.25) is 14.5 Å². The lowest BCUT2D eigenvalue weighted by Gasteiger charge is -2.37. The molecule has 7 heteroatoms. The van der Waals surface area contributed by atoms with Crippen LogP contribution in [-0.2, 0) is 4.79 Å². The lowest BCUT2D eigenvalue weighted by molar-refractivity contribution is -0.124. The molecule has 1 saturated heterocycles. The Morgan fingerprint density at radius 3 is 2.38 bits per heavy atom. The van der Waals surface area contributed by atoms with Crippen molar-refractivity contribution in [3.63, 3.8) is 0 Å². The maximum absolute atomic E-state index is 12.4. The fraction of sp³-hybridized carbons (Fsp3) is 0.353. The number of piperazine rings is 1. The summed E-state index contributed by atoms with van der Waals surface area (Å²) >= 11 is 0. The zero-order valence-electron chi connectivity index (χ0n) is 13.5. The first-order chi connectivity index (χ1) is 11.6. The van der Waals surface area contributed by atoms with Crippen LogP contribution in [0.5, 0.6) is 0 Å². The Balaban J connectivity index is 1.67. The molecule has 126 valence electrons. The number of nitrogens with two attached hydrogens (primary N) is 1. The van der Waals surface area contributed by atoms with Crippen molar-refractivity contribution in [1.29, 1.82) is 0 Å². The van der Waals surface area contributed by atoms with E-state index in [2.05, 4.69) is 5.16 Å². The van der Waals surface area contributed by atoms with E-state index in [9.17, 15) is 9.59 Å². The summed E-state index contributed by atoms with van der Waals surface area (Å²) in [6.07, 6.45) is 0. The fourth-order valence-corrected chi connectivity index (χ4v) is 2.99. The van der Waals surface area contributed by atoms with Gasteiger partial charge in [-0.05, 0) is 12.5 Å². The average molecular weight is 328 g/mol. The highest BCUT2D eigenvalue weighted by atomic mass is 16.5. The molecule has 1 aliphatic heterocycles. The Labute approximate surface area is 140 Å². The van der Waals surface area contributed by atoms with Gasteiger partial charge in [-0.25, -0.2) is 0 Å². The summed E-state index contributed by atoms with van der Waals surface area (Å²) in [6, 6.07) is 10.6. The lowest BCUT2D eigenvalue weighted by atomic mass is 10.0. The molecule has 2 heterocycles. The number of rotatable bonds is 4. The van der Waals surface area contributed by atoms with Crippen molar-refractivity contribution in [2.45, 2.75) is 13.0 Å². The van der Waals surface area contributed by atoms with Gasteiger partial charge in [-0.15, -0.1) is 0 Å². The summed E-state index contributed by atoms with van der Waals surface area (Å²) in [5.41, 5.74) is 7.15. The third-order valence-electron chi connectivity index (χ3n) is 4.19. The maximum Gasteiger partial charge on any atom is 0.292 e. The first-order valence-corrected chi connectivity index (χ1v) is 7.87. The minimum atomic E-state index is -0.476. The number of amides is 2. The molecule has 1 aromatic heterocycles. The molecule has 0 saturated carbocycles. The Hall–Kier alpha value is -2.67. The van der Waals surface area contributed by atoms with E-state index in [4.69, 9.17) is 10.3 Å². The fourth-order valence-electron chi connectivity index (χ4n) is 2.99. The highest BCUT2D eigenvalue weighted by molar-refractivity contribution is 5.91. The molecule has 2 aromatic rings. The zero-order chi connectivity index (χ0) is 17.1. The number of hydrogen-bond acceptors (Lipinski definition) is 5. The van der Waals surface area contributed by atoms with Crippen LogP contribution in [0.15, 0.2) is 40.9 Å². The highest BCUT2D eigenvalue weighted by Crippen LogP contribution is 2.22. The summed E-state index contributed by atoms with van der Waals surface area (Å²) in [7, 11) is 0. The van der Waals surface area contributed by atoms with Crippen LogP contribution in [0.4, 0.5) is 0 Å². The van der Waals surface area contributed by atoms with Gasteiger partial charge in [0.2, 0.25) is 11.7 Å². The highest BCUT2D eigenvalue weighted by Gasteiger charge is 2.31. The van der Waals surface area contributed by atoms with Gasteiger partial charge in [0.15, 0.2) is 0 Å². The molecular weight excluding hydrogens is 308 g/mol. The van der Waals surface area contributed by atoms with Crippen molar-refractivity contribution in [3.05, 3.63) is 53.4 Å². The van der Waals surface area contributed by atoms with Crippen LogP contribution in [0.1, 0.15) is 27.9 Å². The molecule has 1 fully saturated rings. The molecule has 0 bridgehead atoms.